The van der Waals surface area contributed by atoms with Crippen LogP contribution in [-0.2, 0) is 4.79 Å². The van der Waals surface area contributed by atoms with Gasteiger partial charge in [-0.25, -0.2) is 0 Å². The second-order valence-electron chi connectivity index (χ2n) is 4.93. The molecule has 0 unspecified atom stereocenters. The third kappa shape index (κ3) is 1.63. The van der Waals surface area contributed by atoms with Crippen molar-refractivity contribution < 1.29 is 4.79 Å². The van der Waals surface area contributed by atoms with E-state index < -0.39 is 0 Å². The van der Waals surface area contributed by atoms with Crippen LogP contribution in [0.25, 0.3) is 0 Å². The lowest BCUT2D eigenvalue weighted by molar-refractivity contribution is -0.129. The Kier molecular flexibility index (Phi) is 2.82. The molecule has 0 saturated carbocycles. The zero-order valence-electron chi connectivity index (χ0n) is 10.4. The number of thiocarbonyl (C=S) groups is 1. The summed E-state index contributed by atoms with van der Waals surface area (Å²) in [7, 11) is 0. The first-order chi connectivity index (χ1) is 8.70. The molecule has 4 heteroatoms. The minimum Gasteiger partial charge on any atom is -0.337 e. The first-order valence-corrected chi connectivity index (χ1v) is 6.79. The maximum atomic E-state index is 12.4. The van der Waals surface area contributed by atoms with Crippen molar-refractivity contribution >= 4 is 23.2 Å². The van der Waals surface area contributed by atoms with Gasteiger partial charge in [0.25, 0.3) is 5.91 Å². The van der Waals surface area contributed by atoms with E-state index in [9.17, 15) is 4.79 Å². The molecule has 0 aromatic heterocycles. The van der Waals surface area contributed by atoms with Crippen LogP contribution >= 0.6 is 12.2 Å². The van der Waals surface area contributed by atoms with Crippen LogP contribution in [0.4, 0.5) is 0 Å². The van der Waals surface area contributed by atoms with Gasteiger partial charge in [0, 0.05) is 6.54 Å². The maximum Gasteiger partial charge on any atom is 0.252 e. The Labute approximate surface area is 112 Å². The summed E-state index contributed by atoms with van der Waals surface area (Å²) in [6.45, 7) is 2.97. The van der Waals surface area contributed by atoms with Gasteiger partial charge in [0.05, 0.1) is 6.04 Å². The Bertz CT molecular complexity index is 466. The topological polar surface area (TPSA) is 23.6 Å². The molecular formula is C14H16N2OS. The Morgan fingerprint density at radius 1 is 1.33 bits per heavy atom. The van der Waals surface area contributed by atoms with E-state index in [1.165, 1.54) is 0 Å². The predicted molar refractivity (Wildman–Crippen MR) is 74.0 cm³/mol. The highest BCUT2D eigenvalue weighted by molar-refractivity contribution is 7.80. The SMILES string of the molecule is C[C@H](c1ccccc1)N1C(=O)[C@H]2CCCN2C1=S. The number of carbonyl (C=O) groups excluding carboxylic acids is 1. The summed E-state index contributed by atoms with van der Waals surface area (Å²) in [6, 6.07) is 10.1. The zero-order chi connectivity index (χ0) is 12.7. The van der Waals surface area contributed by atoms with Crippen LogP contribution in [0, 0.1) is 0 Å². The third-order valence-corrected chi connectivity index (χ3v) is 4.33. The van der Waals surface area contributed by atoms with Crippen molar-refractivity contribution in [2.75, 3.05) is 6.54 Å². The first-order valence-electron chi connectivity index (χ1n) is 6.39. The summed E-state index contributed by atoms with van der Waals surface area (Å²) in [5, 5.41) is 0.707. The number of nitrogens with zero attached hydrogens (tertiary/aromatic N) is 2. The Morgan fingerprint density at radius 2 is 2.06 bits per heavy atom. The normalized spacial score (nSPS) is 24.6. The van der Waals surface area contributed by atoms with E-state index in [1.807, 2.05) is 37.3 Å². The number of fused-ring (bicyclic) bond motifs is 1. The van der Waals surface area contributed by atoms with Crippen LogP contribution in [-0.4, -0.2) is 33.4 Å². The van der Waals surface area contributed by atoms with Crippen LogP contribution < -0.4 is 0 Å². The summed E-state index contributed by atoms with van der Waals surface area (Å²) in [5.41, 5.74) is 1.13. The molecule has 18 heavy (non-hydrogen) atoms. The molecule has 2 saturated heterocycles. The summed E-state index contributed by atoms with van der Waals surface area (Å²) >= 11 is 5.46. The van der Waals surface area contributed by atoms with Gasteiger partial charge in [0.1, 0.15) is 6.04 Å². The van der Waals surface area contributed by atoms with Gasteiger partial charge in [-0.1, -0.05) is 30.3 Å². The van der Waals surface area contributed by atoms with E-state index in [0.29, 0.717) is 5.11 Å². The van der Waals surface area contributed by atoms with Gasteiger partial charge in [-0.2, -0.15) is 0 Å². The van der Waals surface area contributed by atoms with Gasteiger partial charge < -0.3 is 4.90 Å². The largest absolute Gasteiger partial charge is 0.337 e. The molecule has 1 aromatic carbocycles. The van der Waals surface area contributed by atoms with E-state index in [-0.39, 0.29) is 18.0 Å². The number of rotatable bonds is 2. The average molecular weight is 260 g/mol. The molecular weight excluding hydrogens is 244 g/mol. The summed E-state index contributed by atoms with van der Waals surface area (Å²) in [6.07, 6.45) is 2.01. The Morgan fingerprint density at radius 3 is 2.72 bits per heavy atom. The van der Waals surface area contributed by atoms with E-state index in [4.69, 9.17) is 12.2 Å². The molecule has 3 rings (SSSR count). The van der Waals surface area contributed by atoms with E-state index in [1.54, 1.807) is 4.90 Å². The van der Waals surface area contributed by atoms with Gasteiger partial charge in [-0.05, 0) is 37.5 Å². The van der Waals surface area contributed by atoms with Crippen molar-refractivity contribution in [2.24, 2.45) is 0 Å². The molecule has 3 nitrogen and oxygen atoms in total. The van der Waals surface area contributed by atoms with Gasteiger partial charge in [-0.3, -0.25) is 9.69 Å². The minimum absolute atomic E-state index is 0.00339. The lowest BCUT2D eigenvalue weighted by Crippen LogP contribution is -2.35. The highest BCUT2D eigenvalue weighted by Crippen LogP contribution is 2.33. The van der Waals surface area contributed by atoms with Crippen LogP contribution in [0.1, 0.15) is 31.4 Å². The summed E-state index contributed by atoms with van der Waals surface area (Å²) in [4.78, 5) is 16.3. The lowest BCUT2D eigenvalue weighted by Gasteiger charge is -2.25. The van der Waals surface area contributed by atoms with Gasteiger partial charge in [0.15, 0.2) is 5.11 Å². The molecule has 0 bridgehead atoms. The van der Waals surface area contributed by atoms with E-state index in [2.05, 4.69) is 4.90 Å². The van der Waals surface area contributed by atoms with Crippen LogP contribution in [0.2, 0.25) is 0 Å². The van der Waals surface area contributed by atoms with Gasteiger partial charge in [-0.15, -0.1) is 0 Å². The molecule has 94 valence electrons. The van der Waals surface area contributed by atoms with Crippen LogP contribution in [0.15, 0.2) is 30.3 Å². The molecule has 0 spiro atoms. The van der Waals surface area contributed by atoms with Crippen LogP contribution in [0.5, 0.6) is 0 Å². The van der Waals surface area contributed by atoms with Gasteiger partial charge in [0.2, 0.25) is 0 Å². The quantitative estimate of drug-likeness (QED) is 0.763. The molecule has 2 atom stereocenters. The molecule has 0 N–H and O–H groups in total. The third-order valence-electron chi connectivity index (χ3n) is 3.90. The van der Waals surface area contributed by atoms with Crippen molar-refractivity contribution in [3.05, 3.63) is 35.9 Å². The van der Waals surface area contributed by atoms with E-state index in [0.717, 1.165) is 24.9 Å². The fourth-order valence-electron chi connectivity index (χ4n) is 2.88. The van der Waals surface area contributed by atoms with E-state index >= 15 is 0 Å². The molecule has 0 radical (unpaired) electrons. The molecule has 0 aliphatic carbocycles. The number of carbonyl (C=O) groups is 1. The standard InChI is InChI=1S/C14H16N2OS/c1-10(11-6-3-2-4-7-11)16-13(17)12-8-5-9-15(12)14(16)18/h2-4,6-7,10,12H,5,8-9H2,1H3/t10-,12-/m1/s1. The van der Waals surface area contributed by atoms with Crippen molar-refractivity contribution in [1.29, 1.82) is 0 Å². The second-order valence-corrected chi connectivity index (χ2v) is 5.29. The monoisotopic (exact) mass is 260 g/mol. The molecule has 2 aliphatic rings. The molecule has 2 heterocycles. The predicted octanol–water partition coefficient (Wildman–Crippen LogP) is 2.34. The highest BCUT2D eigenvalue weighted by Gasteiger charge is 2.46. The maximum absolute atomic E-state index is 12.4. The van der Waals surface area contributed by atoms with Crippen molar-refractivity contribution in [3.8, 4) is 0 Å². The lowest BCUT2D eigenvalue weighted by atomic mass is 10.1. The highest BCUT2D eigenvalue weighted by atomic mass is 32.1. The number of benzene rings is 1. The number of hydrogen-bond acceptors (Lipinski definition) is 2. The fourth-order valence-corrected chi connectivity index (χ4v) is 3.35. The molecule has 2 aliphatic heterocycles. The average Bonchev–Trinajstić information content (AvgIpc) is 2.95. The molecule has 2 fully saturated rings. The second kappa shape index (κ2) is 4.35. The Hall–Kier alpha value is -1.42. The molecule has 1 aromatic rings. The smallest absolute Gasteiger partial charge is 0.252 e. The van der Waals surface area contributed by atoms with Crippen LogP contribution in [0.3, 0.4) is 0 Å². The van der Waals surface area contributed by atoms with Crippen molar-refractivity contribution in [2.45, 2.75) is 31.8 Å². The van der Waals surface area contributed by atoms with Gasteiger partial charge >= 0.3 is 0 Å². The van der Waals surface area contributed by atoms with Crippen molar-refractivity contribution in [3.63, 3.8) is 0 Å². The minimum atomic E-state index is 0.00339. The molecule has 1 amide bonds. The number of hydrogen-bond donors (Lipinski definition) is 0. The number of amides is 1. The summed E-state index contributed by atoms with van der Waals surface area (Å²) in [5.74, 6) is 0.175. The first kappa shape index (κ1) is 11.7. The fraction of sp³-hybridized carbons (Fsp3) is 0.429. The Balaban J connectivity index is 1.89. The van der Waals surface area contributed by atoms with Crippen molar-refractivity contribution in [1.82, 2.24) is 9.80 Å². The zero-order valence-corrected chi connectivity index (χ0v) is 11.2. The summed E-state index contributed by atoms with van der Waals surface area (Å²) < 4.78 is 0.